The number of carbonyl (C=O) groups is 1. The van der Waals surface area contributed by atoms with E-state index in [1.165, 1.54) is 12.1 Å². The van der Waals surface area contributed by atoms with Gasteiger partial charge in [-0.15, -0.1) is 0 Å². The topological polar surface area (TPSA) is 72.5 Å². The van der Waals surface area contributed by atoms with E-state index in [-0.39, 0.29) is 11.3 Å². The van der Waals surface area contributed by atoms with Crippen LogP contribution in [0.15, 0.2) is 18.2 Å². The third-order valence-electron chi connectivity index (χ3n) is 1.98. The molecule has 1 unspecified atom stereocenters. The fourth-order valence-corrected chi connectivity index (χ4v) is 1.26. The Kier molecular flexibility index (Phi) is 3.72. The highest BCUT2D eigenvalue weighted by Gasteiger charge is 2.25. The number of halogens is 1. The smallest absolute Gasteiger partial charge is 0.328 e. The molecule has 0 aromatic heterocycles. The summed E-state index contributed by atoms with van der Waals surface area (Å²) in [6.45, 7) is 5.10. The number of aromatic hydroxyl groups is 1. The molecule has 0 heterocycles. The lowest BCUT2D eigenvalue weighted by atomic mass is 10.1. The average molecular weight is 241 g/mol. The van der Waals surface area contributed by atoms with Crippen molar-refractivity contribution in [2.45, 2.75) is 32.4 Å². The number of hydrogen-bond acceptors (Lipinski definition) is 4. The minimum atomic E-state index is -1.20. The van der Waals surface area contributed by atoms with Crippen molar-refractivity contribution in [3.05, 3.63) is 29.6 Å². The Hall–Kier alpha value is -1.62. The molecule has 0 spiro atoms. The lowest BCUT2D eigenvalue weighted by Crippen LogP contribution is -2.32. The van der Waals surface area contributed by atoms with Gasteiger partial charge in [0.2, 0.25) is 0 Å². The summed E-state index contributed by atoms with van der Waals surface area (Å²) in [6, 6.07) is 2.23. The largest absolute Gasteiger partial charge is 0.508 e. The first-order chi connectivity index (χ1) is 7.70. The van der Waals surface area contributed by atoms with Crippen LogP contribution in [0.4, 0.5) is 4.39 Å². The molecular formula is C12H16FNO3. The summed E-state index contributed by atoms with van der Waals surface area (Å²) in [5.41, 5.74) is 4.92. The van der Waals surface area contributed by atoms with E-state index in [9.17, 15) is 9.18 Å². The Bertz CT molecular complexity index is 426. The van der Waals surface area contributed by atoms with Gasteiger partial charge in [0.25, 0.3) is 0 Å². The molecule has 0 radical (unpaired) electrons. The molecule has 17 heavy (non-hydrogen) atoms. The second kappa shape index (κ2) is 4.71. The van der Waals surface area contributed by atoms with Crippen LogP contribution in [0.5, 0.6) is 5.75 Å². The second-order valence-corrected chi connectivity index (χ2v) is 4.72. The Morgan fingerprint density at radius 2 is 2.06 bits per heavy atom. The summed E-state index contributed by atoms with van der Waals surface area (Å²) >= 11 is 0. The zero-order valence-electron chi connectivity index (χ0n) is 10.0. The first-order valence-corrected chi connectivity index (χ1v) is 5.17. The Balaban J connectivity index is 2.89. The summed E-state index contributed by atoms with van der Waals surface area (Å²) in [4.78, 5) is 11.6. The van der Waals surface area contributed by atoms with Crippen LogP contribution in [0.25, 0.3) is 0 Å². The van der Waals surface area contributed by atoms with Crippen molar-refractivity contribution < 1.29 is 19.0 Å². The van der Waals surface area contributed by atoms with Crippen molar-refractivity contribution in [3.63, 3.8) is 0 Å². The van der Waals surface area contributed by atoms with Crippen molar-refractivity contribution in [1.29, 1.82) is 0 Å². The van der Waals surface area contributed by atoms with Crippen LogP contribution in [-0.2, 0) is 9.53 Å². The maximum atomic E-state index is 13.4. The average Bonchev–Trinajstić information content (AvgIpc) is 2.14. The van der Waals surface area contributed by atoms with Crippen molar-refractivity contribution in [2.75, 3.05) is 0 Å². The van der Waals surface area contributed by atoms with E-state index >= 15 is 0 Å². The molecule has 1 aromatic carbocycles. The minimum Gasteiger partial charge on any atom is -0.508 e. The zero-order chi connectivity index (χ0) is 13.2. The molecule has 4 nitrogen and oxygen atoms in total. The van der Waals surface area contributed by atoms with Gasteiger partial charge in [-0.05, 0) is 26.8 Å². The van der Waals surface area contributed by atoms with Crippen molar-refractivity contribution in [3.8, 4) is 5.75 Å². The van der Waals surface area contributed by atoms with E-state index in [4.69, 9.17) is 15.6 Å². The summed E-state index contributed by atoms with van der Waals surface area (Å²) in [7, 11) is 0. The van der Waals surface area contributed by atoms with E-state index in [1.54, 1.807) is 20.8 Å². The Labute approximate surface area is 99.2 Å². The van der Waals surface area contributed by atoms with Crippen LogP contribution in [0.3, 0.4) is 0 Å². The van der Waals surface area contributed by atoms with Crippen LogP contribution in [0, 0.1) is 5.82 Å². The number of rotatable bonds is 2. The van der Waals surface area contributed by atoms with Gasteiger partial charge < -0.3 is 15.6 Å². The summed E-state index contributed by atoms with van der Waals surface area (Å²) < 4.78 is 18.5. The molecule has 3 N–H and O–H groups in total. The lowest BCUT2D eigenvalue weighted by Gasteiger charge is -2.22. The number of benzene rings is 1. The van der Waals surface area contributed by atoms with Crippen LogP contribution < -0.4 is 5.73 Å². The second-order valence-electron chi connectivity index (χ2n) is 4.72. The normalized spacial score (nSPS) is 13.2. The molecule has 1 atom stereocenters. The first-order valence-electron chi connectivity index (χ1n) is 5.17. The Morgan fingerprint density at radius 1 is 1.47 bits per heavy atom. The SMILES string of the molecule is CC(C)(C)OC(=O)C(N)c1ccc(O)cc1F. The Morgan fingerprint density at radius 3 is 2.53 bits per heavy atom. The molecule has 5 heteroatoms. The number of nitrogens with two attached hydrogens (primary N) is 1. The molecule has 1 rings (SSSR count). The molecule has 94 valence electrons. The van der Waals surface area contributed by atoms with E-state index in [2.05, 4.69) is 0 Å². The van der Waals surface area contributed by atoms with Crippen LogP contribution in [0.1, 0.15) is 32.4 Å². The van der Waals surface area contributed by atoms with Crippen LogP contribution in [0.2, 0.25) is 0 Å². The van der Waals surface area contributed by atoms with E-state index < -0.39 is 23.4 Å². The molecule has 0 bridgehead atoms. The minimum absolute atomic E-state index is 0.00273. The molecule has 0 amide bonds. The maximum Gasteiger partial charge on any atom is 0.328 e. The van der Waals surface area contributed by atoms with Gasteiger partial charge in [-0.3, -0.25) is 0 Å². The predicted octanol–water partition coefficient (Wildman–Crippen LogP) is 1.87. The molecule has 0 saturated heterocycles. The highest BCUT2D eigenvalue weighted by atomic mass is 19.1. The molecule has 0 aliphatic rings. The number of phenolic OH excluding ortho intramolecular Hbond substituents is 1. The fourth-order valence-electron chi connectivity index (χ4n) is 1.26. The highest BCUT2D eigenvalue weighted by molar-refractivity contribution is 5.77. The van der Waals surface area contributed by atoms with Crippen LogP contribution in [-0.4, -0.2) is 16.7 Å². The molecule has 0 fully saturated rings. The lowest BCUT2D eigenvalue weighted by molar-refractivity contribution is -0.156. The van der Waals surface area contributed by atoms with Gasteiger partial charge in [0.1, 0.15) is 23.2 Å². The number of carbonyl (C=O) groups excluding carboxylic acids is 1. The molecule has 0 saturated carbocycles. The predicted molar refractivity (Wildman–Crippen MR) is 60.8 cm³/mol. The maximum absolute atomic E-state index is 13.4. The summed E-state index contributed by atoms with van der Waals surface area (Å²) in [5.74, 6) is -1.66. The van der Waals surface area contributed by atoms with E-state index in [0.717, 1.165) is 6.07 Å². The van der Waals surface area contributed by atoms with Crippen molar-refractivity contribution in [1.82, 2.24) is 0 Å². The number of phenols is 1. The van der Waals surface area contributed by atoms with Gasteiger partial charge in [0, 0.05) is 11.6 Å². The standard InChI is InChI=1S/C12H16FNO3/c1-12(2,3)17-11(16)10(14)8-5-4-7(15)6-9(8)13/h4-6,10,15H,14H2,1-3H3. The quantitative estimate of drug-likeness (QED) is 0.775. The summed E-state index contributed by atoms with van der Waals surface area (Å²) in [5, 5.41) is 9.05. The van der Waals surface area contributed by atoms with Gasteiger partial charge in [0.15, 0.2) is 0 Å². The van der Waals surface area contributed by atoms with Crippen molar-refractivity contribution >= 4 is 5.97 Å². The van der Waals surface area contributed by atoms with Gasteiger partial charge in [-0.1, -0.05) is 6.07 Å². The number of ether oxygens (including phenoxy) is 1. The van der Waals surface area contributed by atoms with E-state index in [0.29, 0.717) is 0 Å². The van der Waals surface area contributed by atoms with Gasteiger partial charge >= 0.3 is 5.97 Å². The van der Waals surface area contributed by atoms with Gasteiger partial charge in [-0.25, -0.2) is 9.18 Å². The number of hydrogen-bond donors (Lipinski definition) is 2. The molecular weight excluding hydrogens is 225 g/mol. The third-order valence-corrected chi connectivity index (χ3v) is 1.98. The molecule has 1 aromatic rings. The van der Waals surface area contributed by atoms with Crippen LogP contribution >= 0.6 is 0 Å². The third kappa shape index (κ3) is 3.71. The zero-order valence-corrected chi connectivity index (χ0v) is 10.0. The van der Waals surface area contributed by atoms with Gasteiger partial charge in [0.05, 0.1) is 0 Å². The molecule has 0 aliphatic heterocycles. The monoisotopic (exact) mass is 241 g/mol. The number of esters is 1. The summed E-state index contributed by atoms with van der Waals surface area (Å²) in [6.07, 6.45) is 0. The highest BCUT2D eigenvalue weighted by Crippen LogP contribution is 2.22. The van der Waals surface area contributed by atoms with E-state index in [1.807, 2.05) is 0 Å². The fraction of sp³-hybridized carbons (Fsp3) is 0.417. The van der Waals surface area contributed by atoms with Gasteiger partial charge in [-0.2, -0.15) is 0 Å². The molecule has 0 aliphatic carbocycles. The van der Waals surface area contributed by atoms with Crippen molar-refractivity contribution in [2.24, 2.45) is 5.73 Å². The first kappa shape index (κ1) is 13.4.